The van der Waals surface area contributed by atoms with Crippen LogP contribution in [0.2, 0.25) is 5.28 Å². The normalized spacial score (nSPS) is 19.1. The highest BCUT2D eigenvalue weighted by atomic mass is 35.5. The first-order chi connectivity index (χ1) is 9.71. The number of hydrogen-bond acceptors (Lipinski definition) is 4. The lowest BCUT2D eigenvalue weighted by Crippen LogP contribution is -2.21. The van der Waals surface area contributed by atoms with Crippen molar-refractivity contribution in [3.8, 4) is 0 Å². The summed E-state index contributed by atoms with van der Waals surface area (Å²) in [5.41, 5.74) is 0. The summed E-state index contributed by atoms with van der Waals surface area (Å²) in [7, 11) is 0. The molecule has 1 unspecified atom stereocenters. The fraction of sp³-hybridized carbons (Fsp3) is 0.600. The Balaban J connectivity index is 1.96. The summed E-state index contributed by atoms with van der Waals surface area (Å²) in [4.78, 5) is 13.7. The van der Waals surface area contributed by atoms with Crippen LogP contribution < -0.4 is 4.90 Å². The van der Waals surface area contributed by atoms with E-state index in [0.717, 1.165) is 36.1 Å². The van der Waals surface area contributed by atoms with Crippen molar-refractivity contribution in [2.24, 2.45) is 5.92 Å². The van der Waals surface area contributed by atoms with Crippen LogP contribution in [0.1, 0.15) is 38.0 Å². The summed E-state index contributed by atoms with van der Waals surface area (Å²) in [6.45, 7) is 6.62. The first-order valence-electron chi connectivity index (χ1n) is 7.42. The van der Waals surface area contributed by atoms with Crippen molar-refractivity contribution in [1.29, 1.82) is 0 Å². The lowest BCUT2D eigenvalue weighted by Gasteiger charge is -2.18. The summed E-state index contributed by atoms with van der Waals surface area (Å²) in [6, 6.07) is 2.23. The maximum Gasteiger partial charge on any atom is 0.225 e. The minimum absolute atomic E-state index is 0.371. The molecule has 3 heterocycles. The second-order valence-electron chi connectivity index (χ2n) is 5.49. The smallest absolute Gasteiger partial charge is 0.225 e. The quantitative estimate of drug-likeness (QED) is 0.777. The van der Waals surface area contributed by atoms with E-state index in [1.54, 1.807) is 11.3 Å². The molecule has 0 saturated carbocycles. The van der Waals surface area contributed by atoms with Gasteiger partial charge in [-0.1, -0.05) is 20.3 Å². The number of halogens is 1. The van der Waals surface area contributed by atoms with Gasteiger partial charge in [-0.3, -0.25) is 0 Å². The monoisotopic (exact) mass is 309 g/mol. The number of anilines is 1. The van der Waals surface area contributed by atoms with Gasteiger partial charge in [0, 0.05) is 18.0 Å². The lowest BCUT2D eigenvalue weighted by molar-refractivity contribution is 0.529. The Kier molecular flexibility index (Phi) is 4.13. The van der Waals surface area contributed by atoms with E-state index in [0.29, 0.717) is 5.28 Å². The predicted molar refractivity (Wildman–Crippen MR) is 87.0 cm³/mol. The van der Waals surface area contributed by atoms with Crippen LogP contribution in [0.15, 0.2) is 6.07 Å². The van der Waals surface area contributed by atoms with Gasteiger partial charge in [0.05, 0.1) is 5.39 Å². The van der Waals surface area contributed by atoms with Crippen molar-refractivity contribution in [3.05, 3.63) is 16.2 Å². The number of aromatic nitrogens is 2. The van der Waals surface area contributed by atoms with Crippen LogP contribution in [0.5, 0.6) is 0 Å². The minimum Gasteiger partial charge on any atom is -0.356 e. The molecule has 0 radical (unpaired) electrons. The molecule has 0 N–H and O–H groups in total. The van der Waals surface area contributed by atoms with Crippen LogP contribution in [0.25, 0.3) is 10.2 Å². The zero-order valence-corrected chi connectivity index (χ0v) is 13.6. The zero-order valence-electron chi connectivity index (χ0n) is 12.0. The SMILES string of the molecule is CCCC1CCN(c2nc(Cl)nc3sc(CC)cc23)C1. The van der Waals surface area contributed by atoms with Crippen LogP contribution >= 0.6 is 22.9 Å². The average Bonchev–Trinajstić information content (AvgIpc) is 3.04. The molecule has 108 valence electrons. The first-order valence-corrected chi connectivity index (χ1v) is 8.61. The summed E-state index contributed by atoms with van der Waals surface area (Å²) in [5.74, 6) is 1.84. The molecular weight excluding hydrogens is 290 g/mol. The number of aryl methyl sites for hydroxylation is 1. The fourth-order valence-electron chi connectivity index (χ4n) is 3.02. The van der Waals surface area contributed by atoms with Gasteiger partial charge in [0.15, 0.2) is 0 Å². The van der Waals surface area contributed by atoms with Gasteiger partial charge in [0.25, 0.3) is 0 Å². The second kappa shape index (κ2) is 5.86. The lowest BCUT2D eigenvalue weighted by atomic mass is 10.0. The highest BCUT2D eigenvalue weighted by Gasteiger charge is 2.25. The van der Waals surface area contributed by atoms with E-state index < -0.39 is 0 Å². The van der Waals surface area contributed by atoms with E-state index >= 15 is 0 Å². The van der Waals surface area contributed by atoms with Crippen molar-refractivity contribution in [2.45, 2.75) is 39.5 Å². The third-order valence-electron chi connectivity index (χ3n) is 4.03. The molecule has 0 aromatic carbocycles. The Morgan fingerprint density at radius 3 is 3.00 bits per heavy atom. The van der Waals surface area contributed by atoms with E-state index in [4.69, 9.17) is 11.6 Å². The van der Waals surface area contributed by atoms with Crippen molar-refractivity contribution in [2.75, 3.05) is 18.0 Å². The molecule has 20 heavy (non-hydrogen) atoms. The molecule has 2 aromatic rings. The number of hydrogen-bond donors (Lipinski definition) is 0. The molecule has 0 amide bonds. The summed E-state index contributed by atoms with van der Waals surface area (Å²) < 4.78 is 0. The topological polar surface area (TPSA) is 29.0 Å². The van der Waals surface area contributed by atoms with E-state index in [9.17, 15) is 0 Å². The maximum absolute atomic E-state index is 6.11. The van der Waals surface area contributed by atoms with Gasteiger partial charge in [0.1, 0.15) is 10.6 Å². The molecule has 1 aliphatic heterocycles. The van der Waals surface area contributed by atoms with E-state index in [1.807, 2.05) is 0 Å². The Bertz CT molecular complexity index is 610. The molecule has 3 rings (SSSR count). The number of rotatable bonds is 4. The van der Waals surface area contributed by atoms with Crippen LogP contribution in [0, 0.1) is 5.92 Å². The molecule has 3 nitrogen and oxygen atoms in total. The van der Waals surface area contributed by atoms with Crippen LogP contribution in [0.4, 0.5) is 5.82 Å². The first kappa shape index (κ1) is 14.1. The van der Waals surface area contributed by atoms with Gasteiger partial charge >= 0.3 is 0 Å². The third-order valence-corrected chi connectivity index (χ3v) is 5.37. The number of nitrogens with zero attached hydrogens (tertiary/aromatic N) is 3. The third kappa shape index (κ3) is 2.63. The van der Waals surface area contributed by atoms with Crippen molar-refractivity contribution in [1.82, 2.24) is 9.97 Å². The van der Waals surface area contributed by atoms with Crippen molar-refractivity contribution >= 4 is 39.0 Å². The molecular formula is C15H20ClN3S. The van der Waals surface area contributed by atoms with E-state index in [2.05, 4.69) is 34.8 Å². The average molecular weight is 310 g/mol. The van der Waals surface area contributed by atoms with Crippen molar-refractivity contribution < 1.29 is 0 Å². The molecule has 1 saturated heterocycles. The van der Waals surface area contributed by atoms with Crippen molar-refractivity contribution in [3.63, 3.8) is 0 Å². The zero-order chi connectivity index (χ0) is 14.1. The maximum atomic E-state index is 6.11. The summed E-state index contributed by atoms with van der Waals surface area (Å²) in [5, 5.41) is 1.55. The molecule has 1 fully saturated rings. The Morgan fingerprint density at radius 2 is 2.25 bits per heavy atom. The van der Waals surface area contributed by atoms with Gasteiger partial charge < -0.3 is 4.90 Å². The Hall–Kier alpha value is -0.870. The molecule has 1 atom stereocenters. The standard InChI is InChI=1S/C15H20ClN3S/c1-3-5-10-6-7-19(9-10)13-12-8-11(4-2)20-14(12)18-15(16)17-13/h8,10H,3-7,9H2,1-2H3. The van der Waals surface area contributed by atoms with Gasteiger partial charge in [-0.05, 0) is 42.8 Å². The molecule has 0 spiro atoms. The minimum atomic E-state index is 0.371. The van der Waals surface area contributed by atoms with Crippen LogP contribution in [0.3, 0.4) is 0 Å². The molecule has 5 heteroatoms. The fourth-order valence-corrected chi connectivity index (χ4v) is 4.19. The van der Waals surface area contributed by atoms with Gasteiger partial charge in [-0.2, -0.15) is 4.98 Å². The molecule has 2 aromatic heterocycles. The molecule has 0 aliphatic carbocycles. The van der Waals surface area contributed by atoms with Crippen LogP contribution in [-0.2, 0) is 6.42 Å². The Morgan fingerprint density at radius 1 is 1.40 bits per heavy atom. The highest BCUT2D eigenvalue weighted by Crippen LogP contribution is 2.35. The predicted octanol–water partition coefficient (Wildman–Crippen LogP) is 4.53. The van der Waals surface area contributed by atoms with E-state index in [1.165, 1.54) is 29.5 Å². The number of thiophene rings is 1. The summed E-state index contributed by atoms with van der Waals surface area (Å²) in [6.07, 6.45) is 4.87. The van der Waals surface area contributed by atoms with E-state index in [-0.39, 0.29) is 0 Å². The number of fused-ring (bicyclic) bond motifs is 1. The van der Waals surface area contributed by atoms with Crippen LogP contribution in [-0.4, -0.2) is 23.1 Å². The van der Waals surface area contributed by atoms with Gasteiger partial charge in [-0.15, -0.1) is 11.3 Å². The molecule has 1 aliphatic rings. The largest absolute Gasteiger partial charge is 0.356 e. The second-order valence-corrected chi connectivity index (χ2v) is 6.94. The summed E-state index contributed by atoms with van der Waals surface area (Å²) >= 11 is 7.84. The molecule has 0 bridgehead atoms. The van der Waals surface area contributed by atoms with Gasteiger partial charge in [0.2, 0.25) is 5.28 Å². The highest BCUT2D eigenvalue weighted by molar-refractivity contribution is 7.18. The Labute approximate surface area is 129 Å². The van der Waals surface area contributed by atoms with Gasteiger partial charge in [-0.25, -0.2) is 4.98 Å².